The fourth-order valence-corrected chi connectivity index (χ4v) is 10.4. The zero-order chi connectivity index (χ0) is 25.3. The van der Waals surface area contributed by atoms with E-state index in [1.807, 2.05) is 18.2 Å². The first-order chi connectivity index (χ1) is 16.8. The van der Waals surface area contributed by atoms with E-state index in [2.05, 4.69) is 116 Å². The molecule has 0 heterocycles. The number of hydrogen-bond acceptors (Lipinski definition) is 2. The third-order valence-corrected chi connectivity index (χ3v) is 12.8. The number of Topliss-reactive ketones (excluding diaryl/α,β-unsaturated/α-hetero) is 1. The summed E-state index contributed by atoms with van der Waals surface area (Å²) in [6.07, 6.45) is 2.97. The Morgan fingerprint density at radius 1 is 0.857 bits per heavy atom. The van der Waals surface area contributed by atoms with Gasteiger partial charge in [0.25, 0.3) is 8.32 Å². The van der Waals surface area contributed by atoms with E-state index in [1.54, 1.807) is 0 Å². The molecule has 0 spiro atoms. The average molecular weight is 552 g/mol. The predicted molar refractivity (Wildman–Crippen MR) is 154 cm³/mol. The fraction of sp³-hybridized carbons (Fsp3) is 0.387. The Labute approximate surface area is 221 Å². The zero-order valence-electron chi connectivity index (χ0n) is 21.5. The van der Waals surface area contributed by atoms with Gasteiger partial charge in [0.1, 0.15) is 5.78 Å². The van der Waals surface area contributed by atoms with Crippen LogP contribution in [-0.2, 0) is 15.6 Å². The second-order valence-electron chi connectivity index (χ2n) is 10.4. The summed E-state index contributed by atoms with van der Waals surface area (Å²) in [6, 6.07) is 31.8. The van der Waals surface area contributed by atoms with Gasteiger partial charge in [-0.2, -0.15) is 0 Å². The lowest BCUT2D eigenvalue weighted by atomic mass is 9.94. The molecule has 3 rings (SSSR count). The number of hydrogen-bond donors (Lipinski definition) is 0. The normalized spacial score (nSPS) is 13.9. The van der Waals surface area contributed by atoms with Crippen LogP contribution in [0.4, 0.5) is 0 Å². The maximum Gasteiger partial charge on any atom is 0.261 e. The first-order valence-electron chi connectivity index (χ1n) is 12.7. The molecule has 4 heteroatoms. The van der Waals surface area contributed by atoms with E-state index in [0.717, 1.165) is 19.3 Å². The van der Waals surface area contributed by atoms with Crippen molar-refractivity contribution >= 4 is 40.4 Å². The highest BCUT2D eigenvalue weighted by Crippen LogP contribution is 2.38. The number of ketones is 1. The number of carbonyl (C=O) groups excluding carboxylic acids is 1. The summed E-state index contributed by atoms with van der Waals surface area (Å²) in [5, 5.41) is 3.15. The van der Waals surface area contributed by atoms with Gasteiger partial charge in [0.15, 0.2) is 0 Å². The molecule has 0 N–H and O–H groups in total. The van der Waals surface area contributed by atoms with E-state index in [0.29, 0.717) is 17.5 Å². The van der Waals surface area contributed by atoms with Crippen LogP contribution >= 0.6 is 15.9 Å². The summed E-state index contributed by atoms with van der Waals surface area (Å²) in [5.41, 5.74) is 1.21. The Morgan fingerprint density at radius 3 is 1.77 bits per heavy atom. The molecule has 0 bridgehead atoms. The smallest absolute Gasteiger partial charge is 0.261 e. The number of aryl methyl sites for hydroxylation is 1. The van der Waals surface area contributed by atoms with Gasteiger partial charge >= 0.3 is 0 Å². The molecule has 0 aromatic heterocycles. The highest BCUT2D eigenvalue weighted by Gasteiger charge is 2.51. The largest absolute Gasteiger partial charge is 0.404 e. The molecule has 0 fully saturated rings. The van der Waals surface area contributed by atoms with Crippen LogP contribution in [0.2, 0.25) is 5.04 Å². The van der Waals surface area contributed by atoms with Gasteiger partial charge in [0, 0.05) is 23.8 Å². The van der Waals surface area contributed by atoms with E-state index in [9.17, 15) is 4.79 Å². The molecule has 2 atom stereocenters. The fourth-order valence-electron chi connectivity index (χ4n) is 4.95. The van der Waals surface area contributed by atoms with Crippen molar-refractivity contribution in [3.05, 3.63) is 96.6 Å². The van der Waals surface area contributed by atoms with Crippen LogP contribution in [0.5, 0.6) is 0 Å². The van der Waals surface area contributed by atoms with Crippen molar-refractivity contribution in [2.45, 2.75) is 64.5 Å². The van der Waals surface area contributed by atoms with Gasteiger partial charge in [-0.05, 0) is 40.2 Å². The molecule has 35 heavy (non-hydrogen) atoms. The van der Waals surface area contributed by atoms with Gasteiger partial charge in [-0.3, -0.25) is 4.79 Å². The van der Waals surface area contributed by atoms with Gasteiger partial charge in [-0.1, -0.05) is 135 Å². The minimum Gasteiger partial charge on any atom is -0.404 e. The Kier molecular flexibility index (Phi) is 10.1. The van der Waals surface area contributed by atoms with Crippen LogP contribution < -0.4 is 10.4 Å². The lowest BCUT2D eigenvalue weighted by Gasteiger charge is -2.45. The Hall–Kier alpha value is -2.01. The van der Waals surface area contributed by atoms with Crippen molar-refractivity contribution in [2.75, 3.05) is 5.33 Å². The molecule has 186 valence electrons. The topological polar surface area (TPSA) is 26.3 Å². The number of carbonyl (C=O) groups is 1. The molecule has 0 radical (unpaired) electrons. The van der Waals surface area contributed by atoms with Crippen molar-refractivity contribution in [2.24, 2.45) is 5.92 Å². The summed E-state index contributed by atoms with van der Waals surface area (Å²) >= 11 is 3.64. The zero-order valence-corrected chi connectivity index (χ0v) is 24.1. The molecule has 0 aliphatic rings. The van der Waals surface area contributed by atoms with Gasteiger partial charge in [-0.15, -0.1) is 0 Å². The molecule has 0 aliphatic carbocycles. The highest BCUT2D eigenvalue weighted by atomic mass is 79.9. The summed E-state index contributed by atoms with van der Waals surface area (Å²) in [5.74, 6) is 0.261. The van der Waals surface area contributed by atoms with Crippen molar-refractivity contribution in [3.63, 3.8) is 0 Å². The van der Waals surface area contributed by atoms with Crippen LogP contribution in [0.25, 0.3) is 0 Å². The lowest BCUT2D eigenvalue weighted by Crippen LogP contribution is -2.67. The van der Waals surface area contributed by atoms with Crippen molar-refractivity contribution < 1.29 is 9.22 Å². The summed E-state index contributed by atoms with van der Waals surface area (Å²) in [4.78, 5) is 13.2. The van der Waals surface area contributed by atoms with E-state index in [4.69, 9.17) is 4.43 Å². The molecule has 0 saturated carbocycles. The third kappa shape index (κ3) is 6.81. The second kappa shape index (κ2) is 12.8. The summed E-state index contributed by atoms with van der Waals surface area (Å²) in [7, 11) is -2.65. The lowest BCUT2D eigenvalue weighted by molar-refractivity contribution is -0.123. The molecule has 3 aromatic rings. The SMILES string of the molecule is CC[C@H](C[C@@H](CBr)C(=O)CCc1ccccc1)O[Si](c1ccccc1)(c1ccccc1)C(C)(C)C. The minimum atomic E-state index is -2.65. The van der Waals surface area contributed by atoms with Gasteiger partial charge < -0.3 is 4.43 Å². The van der Waals surface area contributed by atoms with Gasteiger partial charge in [0.05, 0.1) is 0 Å². The minimum absolute atomic E-state index is 0.00419. The first-order valence-corrected chi connectivity index (χ1v) is 15.8. The Bertz CT molecular complexity index is 992. The van der Waals surface area contributed by atoms with E-state index < -0.39 is 8.32 Å². The number of rotatable bonds is 12. The maximum absolute atomic E-state index is 13.2. The van der Waals surface area contributed by atoms with Crippen molar-refractivity contribution in [1.82, 2.24) is 0 Å². The Morgan fingerprint density at radius 2 is 1.34 bits per heavy atom. The molecule has 0 unspecified atom stereocenters. The molecule has 0 aliphatic heterocycles. The maximum atomic E-state index is 13.2. The first kappa shape index (κ1) is 27.6. The van der Waals surface area contributed by atoms with E-state index in [1.165, 1.54) is 15.9 Å². The third-order valence-electron chi connectivity index (χ3n) is 6.91. The van der Waals surface area contributed by atoms with Crippen LogP contribution in [-0.4, -0.2) is 25.5 Å². The van der Waals surface area contributed by atoms with Crippen molar-refractivity contribution in [1.29, 1.82) is 0 Å². The number of benzene rings is 3. The summed E-state index contributed by atoms with van der Waals surface area (Å²) < 4.78 is 7.34. The molecule has 2 nitrogen and oxygen atoms in total. The Balaban J connectivity index is 1.88. The second-order valence-corrected chi connectivity index (χ2v) is 15.3. The van der Waals surface area contributed by atoms with Crippen LogP contribution in [0.1, 0.15) is 52.5 Å². The number of alkyl halides is 1. The van der Waals surface area contributed by atoms with E-state index >= 15 is 0 Å². The summed E-state index contributed by atoms with van der Waals surface area (Å²) in [6.45, 7) is 9.10. The predicted octanol–water partition coefficient (Wildman–Crippen LogP) is 6.94. The monoisotopic (exact) mass is 550 g/mol. The standard InChI is InChI=1S/C31H39BrO2Si/c1-5-27(23-26(24-32)30(33)22-21-25-15-9-6-10-16-25)34-35(31(2,3)4,28-17-11-7-12-18-28)29-19-13-8-14-20-29/h6-20,26-27H,5,21-24H2,1-4H3/t26-,27+/m0/s1. The van der Waals surface area contributed by atoms with Gasteiger partial charge in [0.2, 0.25) is 0 Å². The van der Waals surface area contributed by atoms with Crippen LogP contribution in [0, 0.1) is 5.92 Å². The highest BCUT2D eigenvalue weighted by molar-refractivity contribution is 9.09. The molecule has 3 aromatic carbocycles. The molecule has 0 amide bonds. The molecular weight excluding hydrogens is 512 g/mol. The van der Waals surface area contributed by atoms with Gasteiger partial charge in [-0.25, -0.2) is 0 Å². The number of halogens is 1. The molecule has 0 saturated heterocycles. The molecular formula is C31H39BrO2Si. The van der Waals surface area contributed by atoms with E-state index in [-0.39, 0.29) is 17.1 Å². The quantitative estimate of drug-likeness (QED) is 0.180. The van der Waals surface area contributed by atoms with Crippen molar-refractivity contribution in [3.8, 4) is 0 Å². The van der Waals surface area contributed by atoms with Crippen LogP contribution in [0.3, 0.4) is 0 Å². The van der Waals surface area contributed by atoms with Crippen LogP contribution in [0.15, 0.2) is 91.0 Å². The average Bonchev–Trinajstić information content (AvgIpc) is 2.88.